The Bertz CT molecular complexity index is 1290. The molecule has 0 radical (unpaired) electrons. The van der Waals surface area contributed by atoms with Gasteiger partial charge in [-0.05, 0) is 113 Å². The maximum atomic E-state index is 13.4. The highest BCUT2D eigenvalue weighted by molar-refractivity contribution is 6.42. The van der Waals surface area contributed by atoms with Crippen molar-refractivity contribution in [2.75, 3.05) is 45.8 Å². The number of halogens is 8. The summed E-state index contributed by atoms with van der Waals surface area (Å²) in [7, 11) is 0. The third-order valence-electron chi connectivity index (χ3n) is 9.61. The van der Waals surface area contributed by atoms with Gasteiger partial charge in [0.05, 0.1) is 27.6 Å². The second-order valence-corrected chi connectivity index (χ2v) is 13.3. The van der Waals surface area contributed by atoms with Gasteiger partial charge in [-0.3, -0.25) is 4.79 Å². The number of alkyl halides is 6. The molecule has 2 aromatic carbocycles. The Hall–Kier alpha value is -2.01. The van der Waals surface area contributed by atoms with Gasteiger partial charge in [-0.2, -0.15) is 26.3 Å². The first-order valence-corrected chi connectivity index (χ1v) is 16.0. The fourth-order valence-corrected chi connectivity index (χ4v) is 7.36. The van der Waals surface area contributed by atoms with Crippen molar-refractivity contribution >= 4 is 29.1 Å². The molecule has 1 atom stereocenters. The van der Waals surface area contributed by atoms with Gasteiger partial charge in [0.1, 0.15) is 0 Å². The Morgan fingerprint density at radius 1 is 0.818 bits per heavy atom. The molecular weight excluding hydrogens is 627 g/mol. The number of nitrogens with zero attached hydrogens (tertiary/aromatic N) is 3. The van der Waals surface area contributed by atoms with Crippen LogP contribution in [0.3, 0.4) is 0 Å². The van der Waals surface area contributed by atoms with Gasteiger partial charge in [-0.25, -0.2) is 0 Å². The average Bonchev–Trinajstić information content (AvgIpc) is 3.43. The standard InChI is InChI=1S/C32H37Cl2F6N3O/c33-27-5-4-23(20-28(27)34)30(8-14-41-12-6-26(7-13-41)42-10-2-1-3-11-42)9-15-43(21-30)29(44)18-22-16-24(31(35,36)37)19-25(17-22)32(38,39)40/h4-5,16-17,19-20,26H,1-3,6-15,18,21H2/t30-/m0/s1. The second kappa shape index (κ2) is 13.4. The zero-order valence-corrected chi connectivity index (χ0v) is 25.9. The summed E-state index contributed by atoms with van der Waals surface area (Å²) in [5.41, 5.74) is -2.72. The van der Waals surface area contributed by atoms with Crippen LogP contribution in [0.15, 0.2) is 36.4 Å². The lowest BCUT2D eigenvalue weighted by Gasteiger charge is -2.41. The lowest BCUT2D eigenvalue weighted by atomic mass is 9.76. The normalized spacial score (nSPS) is 23.0. The Morgan fingerprint density at radius 2 is 1.45 bits per heavy atom. The van der Waals surface area contributed by atoms with Gasteiger partial charge in [0.15, 0.2) is 0 Å². The van der Waals surface area contributed by atoms with Gasteiger partial charge >= 0.3 is 12.4 Å². The van der Waals surface area contributed by atoms with Crippen molar-refractivity contribution in [1.82, 2.24) is 14.7 Å². The van der Waals surface area contributed by atoms with Crippen LogP contribution >= 0.6 is 23.2 Å². The molecule has 3 aliphatic rings. The van der Waals surface area contributed by atoms with Crippen LogP contribution < -0.4 is 0 Å². The van der Waals surface area contributed by atoms with Crippen LogP contribution in [0.4, 0.5) is 26.3 Å². The van der Waals surface area contributed by atoms with Crippen molar-refractivity contribution < 1.29 is 31.1 Å². The molecule has 4 nitrogen and oxygen atoms in total. The summed E-state index contributed by atoms with van der Waals surface area (Å²) in [6, 6.07) is 7.37. The van der Waals surface area contributed by atoms with Gasteiger partial charge in [-0.1, -0.05) is 35.7 Å². The van der Waals surface area contributed by atoms with Crippen molar-refractivity contribution in [3.63, 3.8) is 0 Å². The number of amides is 1. The second-order valence-electron chi connectivity index (χ2n) is 12.5. The molecule has 12 heteroatoms. The van der Waals surface area contributed by atoms with E-state index in [9.17, 15) is 31.1 Å². The first kappa shape index (κ1) is 33.4. The van der Waals surface area contributed by atoms with Crippen LogP contribution in [-0.4, -0.2) is 72.5 Å². The molecule has 0 spiro atoms. The molecule has 0 aromatic heterocycles. The number of hydrogen-bond acceptors (Lipinski definition) is 3. The monoisotopic (exact) mass is 663 g/mol. The van der Waals surface area contributed by atoms with Crippen LogP contribution in [0.25, 0.3) is 0 Å². The van der Waals surface area contributed by atoms with Crippen molar-refractivity contribution in [2.45, 2.75) is 75.2 Å². The first-order valence-electron chi connectivity index (χ1n) is 15.2. The number of hydrogen-bond donors (Lipinski definition) is 0. The number of piperidine rings is 2. The highest BCUT2D eigenvalue weighted by atomic mass is 35.5. The van der Waals surface area contributed by atoms with Gasteiger partial charge in [0, 0.05) is 24.5 Å². The van der Waals surface area contributed by atoms with E-state index in [2.05, 4.69) is 9.80 Å². The number of benzene rings is 2. The molecule has 1 amide bonds. The largest absolute Gasteiger partial charge is 0.416 e. The topological polar surface area (TPSA) is 26.8 Å². The molecule has 0 N–H and O–H groups in total. The fraction of sp³-hybridized carbons (Fsp3) is 0.594. The van der Waals surface area contributed by atoms with E-state index in [1.54, 1.807) is 11.0 Å². The van der Waals surface area contributed by atoms with Gasteiger partial charge in [0.25, 0.3) is 0 Å². The smallest absolute Gasteiger partial charge is 0.341 e. The summed E-state index contributed by atoms with van der Waals surface area (Å²) in [6.45, 7) is 5.74. The van der Waals surface area contributed by atoms with Crippen LogP contribution in [0, 0.1) is 0 Å². The van der Waals surface area contributed by atoms with E-state index in [-0.39, 0.29) is 11.6 Å². The van der Waals surface area contributed by atoms with Crippen molar-refractivity contribution in [2.24, 2.45) is 0 Å². The quantitative estimate of drug-likeness (QED) is 0.280. The Balaban J connectivity index is 1.29. The van der Waals surface area contributed by atoms with Gasteiger partial charge in [-0.15, -0.1) is 0 Å². The molecule has 0 bridgehead atoms. The van der Waals surface area contributed by atoms with E-state index in [1.807, 2.05) is 12.1 Å². The van der Waals surface area contributed by atoms with Gasteiger partial charge in [0.2, 0.25) is 5.91 Å². The fourth-order valence-electron chi connectivity index (χ4n) is 7.07. The molecule has 242 valence electrons. The average molecular weight is 665 g/mol. The lowest BCUT2D eigenvalue weighted by Crippen LogP contribution is -2.47. The predicted octanol–water partition coefficient (Wildman–Crippen LogP) is 8.08. The van der Waals surface area contributed by atoms with E-state index in [0.29, 0.717) is 47.7 Å². The molecule has 0 saturated carbocycles. The SMILES string of the molecule is O=C(Cc1cc(C(F)(F)F)cc(C(F)(F)F)c1)N1CC[C@](CCN2CCC(N3CCCCC3)CC2)(c2ccc(Cl)c(Cl)c2)C1. The predicted molar refractivity (Wildman–Crippen MR) is 159 cm³/mol. The molecule has 3 saturated heterocycles. The molecule has 3 aliphatic heterocycles. The highest BCUT2D eigenvalue weighted by Gasteiger charge is 2.42. The summed E-state index contributed by atoms with van der Waals surface area (Å²) in [5, 5.41) is 0.792. The molecule has 2 aromatic rings. The molecule has 3 fully saturated rings. The van der Waals surface area contributed by atoms with Crippen LogP contribution in [0.1, 0.15) is 67.2 Å². The molecule has 0 unspecified atom stereocenters. The number of rotatable bonds is 7. The van der Waals surface area contributed by atoms with Crippen LogP contribution in [0.2, 0.25) is 10.0 Å². The Kier molecular flexibility index (Phi) is 10.1. The van der Waals surface area contributed by atoms with Crippen LogP contribution in [-0.2, 0) is 29.0 Å². The number of likely N-dealkylation sites (tertiary alicyclic amines) is 3. The number of carbonyl (C=O) groups is 1. The maximum Gasteiger partial charge on any atom is 0.416 e. The zero-order valence-electron chi connectivity index (χ0n) is 24.4. The van der Waals surface area contributed by atoms with E-state index in [4.69, 9.17) is 23.2 Å². The first-order chi connectivity index (χ1) is 20.7. The third-order valence-corrected chi connectivity index (χ3v) is 10.4. The summed E-state index contributed by atoms with van der Waals surface area (Å²) >= 11 is 12.6. The van der Waals surface area contributed by atoms with Crippen molar-refractivity contribution in [3.8, 4) is 0 Å². The molecule has 3 heterocycles. The van der Waals surface area contributed by atoms with E-state index in [1.165, 1.54) is 32.4 Å². The summed E-state index contributed by atoms with van der Waals surface area (Å²) in [5.74, 6) is -0.512. The molecule has 5 rings (SSSR count). The van der Waals surface area contributed by atoms with E-state index >= 15 is 0 Å². The third kappa shape index (κ3) is 7.85. The van der Waals surface area contributed by atoms with Gasteiger partial charge < -0.3 is 14.7 Å². The minimum absolute atomic E-state index is 0.0778. The van der Waals surface area contributed by atoms with Crippen molar-refractivity contribution in [3.05, 3.63) is 68.7 Å². The minimum atomic E-state index is -4.97. The van der Waals surface area contributed by atoms with E-state index in [0.717, 1.165) is 44.5 Å². The maximum absolute atomic E-state index is 13.4. The van der Waals surface area contributed by atoms with E-state index < -0.39 is 41.2 Å². The Morgan fingerprint density at radius 3 is 2.05 bits per heavy atom. The molecular formula is C32H37Cl2F6N3O. The molecule has 44 heavy (non-hydrogen) atoms. The highest BCUT2D eigenvalue weighted by Crippen LogP contribution is 2.41. The zero-order chi connectivity index (χ0) is 31.7. The molecule has 0 aliphatic carbocycles. The Labute approximate surface area is 264 Å². The summed E-state index contributed by atoms with van der Waals surface area (Å²) in [4.78, 5) is 20.0. The lowest BCUT2D eigenvalue weighted by molar-refractivity contribution is -0.143. The van der Waals surface area contributed by atoms with Crippen LogP contribution in [0.5, 0.6) is 0 Å². The summed E-state index contributed by atoms with van der Waals surface area (Å²) < 4.78 is 80.3. The minimum Gasteiger partial charge on any atom is -0.341 e. The van der Waals surface area contributed by atoms with Crippen molar-refractivity contribution in [1.29, 1.82) is 0 Å². The summed E-state index contributed by atoms with van der Waals surface area (Å²) in [6.07, 6.45) is -3.13. The number of carbonyl (C=O) groups excluding carboxylic acids is 1.